The summed E-state index contributed by atoms with van der Waals surface area (Å²) in [5.74, 6) is -1.53. The van der Waals surface area contributed by atoms with Crippen molar-refractivity contribution >= 4 is 52.3 Å². The molecule has 2 aromatic rings. The predicted molar refractivity (Wildman–Crippen MR) is 119 cm³/mol. The minimum absolute atomic E-state index is 0.0463. The van der Waals surface area contributed by atoms with Gasteiger partial charge in [0.05, 0.1) is 21.7 Å². The molecule has 2 aliphatic rings. The van der Waals surface area contributed by atoms with Gasteiger partial charge in [0.1, 0.15) is 5.76 Å². The number of Topliss-reactive ketones (excluding diaryl/α,β-unsaturated/α-hetero) is 1. The van der Waals surface area contributed by atoms with Crippen LogP contribution in [0, 0.1) is 0 Å². The van der Waals surface area contributed by atoms with Gasteiger partial charge in [0.15, 0.2) is 0 Å². The van der Waals surface area contributed by atoms with Gasteiger partial charge in [-0.15, -0.1) is 0 Å². The summed E-state index contributed by atoms with van der Waals surface area (Å²) in [6, 6.07) is 10.9. The molecule has 7 heteroatoms. The van der Waals surface area contributed by atoms with Gasteiger partial charge in [-0.05, 0) is 48.7 Å². The number of carbonyl (C=O) groups excluding carboxylic acids is 2. The molecule has 1 unspecified atom stereocenters. The van der Waals surface area contributed by atoms with Crippen LogP contribution in [-0.2, 0) is 9.59 Å². The van der Waals surface area contributed by atoms with Crippen molar-refractivity contribution in [2.75, 3.05) is 0 Å². The molecule has 1 saturated heterocycles. The molecule has 2 aromatic carbocycles. The van der Waals surface area contributed by atoms with Gasteiger partial charge >= 0.3 is 0 Å². The minimum atomic E-state index is -0.691. The van der Waals surface area contributed by atoms with Crippen molar-refractivity contribution in [3.63, 3.8) is 0 Å². The molecule has 1 atom stereocenters. The number of benzene rings is 2. The summed E-state index contributed by atoms with van der Waals surface area (Å²) in [6.07, 6.45) is 4.81. The van der Waals surface area contributed by atoms with E-state index in [1.54, 1.807) is 41.3 Å². The van der Waals surface area contributed by atoms with Crippen molar-refractivity contribution in [1.29, 1.82) is 0 Å². The van der Waals surface area contributed by atoms with Crippen molar-refractivity contribution in [1.82, 2.24) is 4.90 Å². The van der Waals surface area contributed by atoms with Crippen LogP contribution < -0.4 is 0 Å². The maximum absolute atomic E-state index is 13.1. The normalized spacial score (nSPS) is 22.0. The molecule has 0 spiro atoms. The lowest BCUT2D eigenvalue weighted by atomic mass is 9.91. The van der Waals surface area contributed by atoms with Crippen molar-refractivity contribution in [3.05, 3.63) is 74.2 Å². The zero-order chi connectivity index (χ0) is 21.4. The molecule has 0 radical (unpaired) electrons. The molecule has 1 saturated carbocycles. The quantitative estimate of drug-likeness (QED) is 0.325. The Hall–Kier alpha value is -2.01. The number of ketones is 1. The lowest BCUT2D eigenvalue weighted by molar-refractivity contribution is -0.141. The zero-order valence-corrected chi connectivity index (χ0v) is 18.3. The molecule has 1 heterocycles. The van der Waals surface area contributed by atoms with Crippen LogP contribution in [0.4, 0.5) is 0 Å². The second kappa shape index (κ2) is 8.62. The molecule has 0 bridgehead atoms. The van der Waals surface area contributed by atoms with Crippen LogP contribution in [0.2, 0.25) is 15.1 Å². The molecule has 1 aliphatic heterocycles. The van der Waals surface area contributed by atoms with Crippen molar-refractivity contribution in [2.24, 2.45) is 0 Å². The van der Waals surface area contributed by atoms with E-state index in [2.05, 4.69) is 0 Å². The number of likely N-dealkylation sites (tertiary alicyclic amines) is 1. The van der Waals surface area contributed by atoms with E-state index in [1.165, 1.54) is 6.07 Å². The summed E-state index contributed by atoms with van der Waals surface area (Å²) >= 11 is 18.1. The van der Waals surface area contributed by atoms with Gasteiger partial charge < -0.3 is 10.0 Å². The van der Waals surface area contributed by atoms with E-state index in [-0.39, 0.29) is 22.4 Å². The first-order chi connectivity index (χ1) is 14.4. The molecule has 0 aromatic heterocycles. The van der Waals surface area contributed by atoms with Gasteiger partial charge in [-0.1, -0.05) is 66.2 Å². The molecule has 1 aliphatic carbocycles. The summed E-state index contributed by atoms with van der Waals surface area (Å²) in [4.78, 5) is 27.8. The molecular weight excluding hydrogens is 445 g/mol. The summed E-state index contributed by atoms with van der Waals surface area (Å²) in [6.45, 7) is 0. The lowest BCUT2D eigenvalue weighted by Crippen LogP contribution is -2.40. The molecule has 1 N–H and O–H groups in total. The molecule has 30 heavy (non-hydrogen) atoms. The van der Waals surface area contributed by atoms with Gasteiger partial charge in [-0.2, -0.15) is 0 Å². The maximum atomic E-state index is 13.1. The largest absolute Gasteiger partial charge is 0.507 e. The fraction of sp³-hybridized carbons (Fsp3) is 0.304. The topological polar surface area (TPSA) is 57.6 Å². The van der Waals surface area contributed by atoms with Gasteiger partial charge in [0.25, 0.3) is 11.7 Å². The third kappa shape index (κ3) is 3.84. The van der Waals surface area contributed by atoms with E-state index in [0.717, 1.165) is 37.7 Å². The highest BCUT2D eigenvalue weighted by atomic mass is 35.5. The summed E-state index contributed by atoms with van der Waals surface area (Å²) < 4.78 is 0. The average Bonchev–Trinajstić information content (AvgIpc) is 3.01. The highest BCUT2D eigenvalue weighted by molar-refractivity contribution is 6.47. The molecule has 156 valence electrons. The fourth-order valence-corrected chi connectivity index (χ4v) is 4.78. The number of hydrogen-bond acceptors (Lipinski definition) is 3. The van der Waals surface area contributed by atoms with E-state index < -0.39 is 17.7 Å². The second-order valence-electron chi connectivity index (χ2n) is 7.68. The van der Waals surface area contributed by atoms with Crippen LogP contribution >= 0.6 is 34.8 Å². The Kier molecular flexibility index (Phi) is 6.10. The van der Waals surface area contributed by atoms with Crippen LogP contribution in [0.15, 0.2) is 48.0 Å². The van der Waals surface area contributed by atoms with Gasteiger partial charge in [0, 0.05) is 16.6 Å². The minimum Gasteiger partial charge on any atom is -0.507 e. The number of amides is 1. The van der Waals surface area contributed by atoms with E-state index in [1.807, 2.05) is 0 Å². The number of aliphatic hydroxyl groups excluding tert-OH is 1. The Labute approximate surface area is 190 Å². The summed E-state index contributed by atoms with van der Waals surface area (Å²) in [5.41, 5.74) is 1.13. The highest BCUT2D eigenvalue weighted by Crippen LogP contribution is 2.43. The Morgan fingerprint density at radius 1 is 0.900 bits per heavy atom. The third-order valence-electron chi connectivity index (χ3n) is 5.83. The smallest absolute Gasteiger partial charge is 0.295 e. The number of rotatable bonds is 3. The Balaban J connectivity index is 1.88. The first-order valence-electron chi connectivity index (χ1n) is 9.89. The van der Waals surface area contributed by atoms with Gasteiger partial charge in [0.2, 0.25) is 0 Å². The highest BCUT2D eigenvalue weighted by Gasteiger charge is 2.48. The SMILES string of the molecule is O=C1C(=O)N(C2CCCCC2)C(c2ccc(Cl)cc2)/C1=C(/O)c1ccc(Cl)c(Cl)c1. The summed E-state index contributed by atoms with van der Waals surface area (Å²) in [5, 5.41) is 12.2. The maximum Gasteiger partial charge on any atom is 0.295 e. The number of carbonyl (C=O) groups is 2. The zero-order valence-electron chi connectivity index (χ0n) is 16.1. The Morgan fingerprint density at radius 2 is 1.57 bits per heavy atom. The molecule has 1 amide bonds. The van der Waals surface area contributed by atoms with Crippen molar-refractivity contribution in [3.8, 4) is 0 Å². The van der Waals surface area contributed by atoms with Crippen molar-refractivity contribution in [2.45, 2.75) is 44.2 Å². The van der Waals surface area contributed by atoms with E-state index in [0.29, 0.717) is 15.6 Å². The van der Waals surface area contributed by atoms with Crippen LogP contribution in [-0.4, -0.2) is 27.7 Å². The van der Waals surface area contributed by atoms with Gasteiger partial charge in [-0.25, -0.2) is 0 Å². The number of hydrogen-bond donors (Lipinski definition) is 1. The number of halogens is 3. The van der Waals surface area contributed by atoms with Crippen LogP contribution in [0.5, 0.6) is 0 Å². The number of aliphatic hydroxyl groups is 1. The molecule has 2 fully saturated rings. The Morgan fingerprint density at radius 3 is 2.20 bits per heavy atom. The first kappa shape index (κ1) is 21.2. The molecule has 4 rings (SSSR count). The second-order valence-corrected chi connectivity index (χ2v) is 8.93. The lowest BCUT2D eigenvalue weighted by Gasteiger charge is -2.35. The van der Waals surface area contributed by atoms with E-state index >= 15 is 0 Å². The first-order valence-corrected chi connectivity index (χ1v) is 11.0. The molecular formula is C23H20Cl3NO3. The third-order valence-corrected chi connectivity index (χ3v) is 6.82. The standard InChI is InChI=1S/C23H20Cl3NO3/c24-15-9-6-13(7-10-15)20-19(21(28)14-8-11-17(25)18(26)12-14)22(29)23(30)27(20)16-4-2-1-3-5-16/h6-12,16,20,28H,1-5H2/b21-19-. The van der Waals surface area contributed by atoms with E-state index in [4.69, 9.17) is 34.8 Å². The number of nitrogens with zero attached hydrogens (tertiary/aromatic N) is 1. The van der Waals surface area contributed by atoms with Crippen LogP contribution in [0.25, 0.3) is 5.76 Å². The fourth-order valence-electron chi connectivity index (χ4n) is 4.36. The van der Waals surface area contributed by atoms with Crippen molar-refractivity contribution < 1.29 is 14.7 Å². The van der Waals surface area contributed by atoms with Crippen LogP contribution in [0.3, 0.4) is 0 Å². The predicted octanol–water partition coefficient (Wildman–Crippen LogP) is 6.40. The van der Waals surface area contributed by atoms with Crippen LogP contribution in [0.1, 0.15) is 49.3 Å². The van der Waals surface area contributed by atoms with Gasteiger partial charge in [-0.3, -0.25) is 9.59 Å². The Bertz CT molecular complexity index is 1030. The average molecular weight is 465 g/mol. The summed E-state index contributed by atoms with van der Waals surface area (Å²) in [7, 11) is 0. The molecule has 4 nitrogen and oxygen atoms in total. The van der Waals surface area contributed by atoms with E-state index in [9.17, 15) is 14.7 Å². The monoisotopic (exact) mass is 463 g/mol.